The number of aryl methyl sites for hydroxylation is 1. The SMILES string of the molecule is Cc1cc([N+](=O)[O-])ccc1N1CCC(OCCN2CCCC2)CC1. The van der Waals surface area contributed by atoms with Crippen molar-refractivity contribution < 1.29 is 9.66 Å². The van der Waals surface area contributed by atoms with Gasteiger partial charge in [0.2, 0.25) is 0 Å². The third-order valence-corrected chi connectivity index (χ3v) is 5.13. The van der Waals surface area contributed by atoms with E-state index in [1.807, 2.05) is 13.0 Å². The molecule has 0 aliphatic carbocycles. The summed E-state index contributed by atoms with van der Waals surface area (Å²) in [6.45, 7) is 8.19. The summed E-state index contributed by atoms with van der Waals surface area (Å²) in [6, 6.07) is 5.14. The smallest absolute Gasteiger partial charge is 0.269 e. The molecule has 3 rings (SSSR count). The highest BCUT2D eigenvalue weighted by molar-refractivity contribution is 5.57. The van der Waals surface area contributed by atoms with E-state index in [-0.39, 0.29) is 10.6 Å². The van der Waals surface area contributed by atoms with Crippen molar-refractivity contribution in [3.63, 3.8) is 0 Å². The molecule has 1 aromatic carbocycles. The van der Waals surface area contributed by atoms with E-state index in [0.29, 0.717) is 6.10 Å². The maximum absolute atomic E-state index is 10.9. The number of ether oxygens (including phenoxy) is 1. The van der Waals surface area contributed by atoms with Crippen molar-refractivity contribution in [3.8, 4) is 0 Å². The molecule has 2 heterocycles. The quantitative estimate of drug-likeness (QED) is 0.592. The molecule has 2 fully saturated rings. The molecule has 0 aromatic heterocycles. The molecule has 0 saturated carbocycles. The van der Waals surface area contributed by atoms with Crippen LogP contribution in [0.25, 0.3) is 0 Å². The summed E-state index contributed by atoms with van der Waals surface area (Å²) in [5.74, 6) is 0. The molecule has 0 spiro atoms. The fourth-order valence-electron chi connectivity index (χ4n) is 3.73. The number of non-ortho nitro benzene ring substituents is 1. The second kappa shape index (κ2) is 7.94. The molecule has 0 amide bonds. The molecule has 6 nitrogen and oxygen atoms in total. The molecule has 2 aliphatic rings. The van der Waals surface area contributed by atoms with Crippen molar-refractivity contribution in [1.29, 1.82) is 0 Å². The van der Waals surface area contributed by atoms with Gasteiger partial charge in [-0.15, -0.1) is 0 Å². The number of hydrogen-bond acceptors (Lipinski definition) is 5. The average Bonchev–Trinajstić information content (AvgIpc) is 3.09. The maximum Gasteiger partial charge on any atom is 0.269 e. The Morgan fingerprint density at radius 3 is 2.54 bits per heavy atom. The standard InChI is InChI=1S/C18H27N3O3/c1-15-14-16(21(22)23)4-5-18(15)20-10-6-17(7-11-20)24-13-12-19-8-2-3-9-19/h4-5,14,17H,2-3,6-13H2,1H3. The molecule has 2 saturated heterocycles. The zero-order chi connectivity index (χ0) is 16.9. The molecule has 2 aliphatic heterocycles. The number of rotatable bonds is 6. The fourth-order valence-corrected chi connectivity index (χ4v) is 3.73. The number of piperidine rings is 1. The molecular weight excluding hydrogens is 306 g/mol. The predicted octanol–water partition coefficient (Wildman–Crippen LogP) is 2.98. The number of anilines is 1. The van der Waals surface area contributed by atoms with Crippen LogP contribution in [0.4, 0.5) is 11.4 Å². The minimum absolute atomic E-state index is 0.163. The normalized spacial score (nSPS) is 19.8. The van der Waals surface area contributed by atoms with Gasteiger partial charge in [0.25, 0.3) is 5.69 Å². The van der Waals surface area contributed by atoms with Crippen LogP contribution in [0.5, 0.6) is 0 Å². The molecule has 1 aromatic rings. The Hall–Kier alpha value is -1.66. The zero-order valence-electron chi connectivity index (χ0n) is 14.4. The summed E-state index contributed by atoms with van der Waals surface area (Å²) >= 11 is 0. The second-order valence-corrected chi connectivity index (χ2v) is 6.83. The Labute approximate surface area is 143 Å². The third kappa shape index (κ3) is 4.24. The van der Waals surface area contributed by atoms with Gasteiger partial charge in [0.05, 0.1) is 17.6 Å². The van der Waals surface area contributed by atoms with Gasteiger partial charge < -0.3 is 14.5 Å². The number of nitro groups is 1. The lowest BCUT2D eigenvalue weighted by molar-refractivity contribution is -0.384. The molecule has 0 radical (unpaired) electrons. The first kappa shape index (κ1) is 17.2. The molecule has 24 heavy (non-hydrogen) atoms. The largest absolute Gasteiger partial charge is 0.377 e. The summed E-state index contributed by atoms with van der Waals surface area (Å²) < 4.78 is 6.05. The molecule has 6 heteroatoms. The molecule has 132 valence electrons. The molecule has 0 atom stereocenters. The van der Waals surface area contributed by atoms with Crippen LogP contribution in [-0.2, 0) is 4.74 Å². The highest BCUT2D eigenvalue weighted by Gasteiger charge is 2.22. The molecule has 0 bridgehead atoms. The monoisotopic (exact) mass is 333 g/mol. The van der Waals surface area contributed by atoms with Crippen molar-refractivity contribution in [2.24, 2.45) is 0 Å². The van der Waals surface area contributed by atoms with Crippen LogP contribution in [-0.4, -0.2) is 55.3 Å². The van der Waals surface area contributed by atoms with E-state index < -0.39 is 0 Å². The maximum atomic E-state index is 10.9. The zero-order valence-corrected chi connectivity index (χ0v) is 14.4. The van der Waals surface area contributed by atoms with E-state index in [9.17, 15) is 10.1 Å². The van der Waals surface area contributed by atoms with Gasteiger partial charge in [-0.2, -0.15) is 0 Å². The Morgan fingerprint density at radius 2 is 1.92 bits per heavy atom. The van der Waals surface area contributed by atoms with Crippen molar-refractivity contribution in [1.82, 2.24) is 4.90 Å². The van der Waals surface area contributed by atoms with Gasteiger partial charge in [0.15, 0.2) is 0 Å². The first-order valence-corrected chi connectivity index (χ1v) is 8.97. The van der Waals surface area contributed by atoms with Gasteiger partial charge in [0, 0.05) is 37.5 Å². The lowest BCUT2D eigenvalue weighted by Gasteiger charge is -2.34. The molecular formula is C18H27N3O3. The summed E-state index contributed by atoms with van der Waals surface area (Å²) in [5, 5.41) is 10.9. The Balaban J connectivity index is 1.45. The van der Waals surface area contributed by atoms with E-state index >= 15 is 0 Å². The lowest BCUT2D eigenvalue weighted by Crippen LogP contribution is -2.38. The van der Waals surface area contributed by atoms with Gasteiger partial charge in [0.1, 0.15) is 0 Å². The van der Waals surface area contributed by atoms with Crippen molar-refractivity contribution in [2.45, 2.75) is 38.7 Å². The topological polar surface area (TPSA) is 58.9 Å². The van der Waals surface area contributed by atoms with E-state index in [1.54, 1.807) is 12.1 Å². The Morgan fingerprint density at radius 1 is 1.21 bits per heavy atom. The van der Waals surface area contributed by atoms with Crippen LogP contribution in [0.2, 0.25) is 0 Å². The van der Waals surface area contributed by atoms with Crippen molar-refractivity contribution >= 4 is 11.4 Å². The average molecular weight is 333 g/mol. The summed E-state index contributed by atoms with van der Waals surface area (Å²) in [6.07, 6.45) is 5.05. The molecule has 0 N–H and O–H groups in total. The Kier molecular flexibility index (Phi) is 5.68. The minimum Gasteiger partial charge on any atom is -0.377 e. The van der Waals surface area contributed by atoms with Gasteiger partial charge in [-0.05, 0) is 57.3 Å². The van der Waals surface area contributed by atoms with Crippen LogP contribution in [0.3, 0.4) is 0 Å². The first-order valence-electron chi connectivity index (χ1n) is 8.97. The van der Waals surface area contributed by atoms with Gasteiger partial charge in [-0.3, -0.25) is 10.1 Å². The van der Waals surface area contributed by atoms with Crippen LogP contribution in [0.15, 0.2) is 18.2 Å². The Bertz CT molecular complexity index is 565. The summed E-state index contributed by atoms with van der Waals surface area (Å²) in [5.41, 5.74) is 2.24. The third-order valence-electron chi connectivity index (χ3n) is 5.13. The fraction of sp³-hybridized carbons (Fsp3) is 0.667. The minimum atomic E-state index is -0.336. The van der Waals surface area contributed by atoms with Crippen LogP contribution in [0.1, 0.15) is 31.2 Å². The van der Waals surface area contributed by atoms with E-state index in [1.165, 1.54) is 25.9 Å². The number of benzene rings is 1. The highest BCUT2D eigenvalue weighted by Crippen LogP contribution is 2.27. The van der Waals surface area contributed by atoms with Gasteiger partial charge in [-0.25, -0.2) is 0 Å². The first-order chi connectivity index (χ1) is 11.6. The predicted molar refractivity (Wildman–Crippen MR) is 94.7 cm³/mol. The van der Waals surface area contributed by atoms with E-state index in [0.717, 1.165) is 50.3 Å². The number of likely N-dealkylation sites (tertiary alicyclic amines) is 1. The van der Waals surface area contributed by atoms with Crippen molar-refractivity contribution in [3.05, 3.63) is 33.9 Å². The molecule has 0 unspecified atom stereocenters. The van der Waals surface area contributed by atoms with Crippen molar-refractivity contribution in [2.75, 3.05) is 44.2 Å². The summed E-state index contributed by atoms with van der Waals surface area (Å²) in [7, 11) is 0. The van der Waals surface area contributed by atoms with Crippen LogP contribution >= 0.6 is 0 Å². The second-order valence-electron chi connectivity index (χ2n) is 6.83. The number of nitrogens with zero attached hydrogens (tertiary/aromatic N) is 3. The summed E-state index contributed by atoms with van der Waals surface area (Å²) in [4.78, 5) is 15.3. The van der Waals surface area contributed by atoms with E-state index in [4.69, 9.17) is 4.74 Å². The van der Waals surface area contributed by atoms with Gasteiger partial charge >= 0.3 is 0 Å². The van der Waals surface area contributed by atoms with Gasteiger partial charge in [-0.1, -0.05) is 0 Å². The number of hydrogen-bond donors (Lipinski definition) is 0. The number of nitro benzene ring substituents is 1. The van der Waals surface area contributed by atoms with E-state index in [2.05, 4.69) is 9.80 Å². The van der Waals surface area contributed by atoms with Crippen LogP contribution in [0, 0.1) is 17.0 Å². The lowest BCUT2D eigenvalue weighted by atomic mass is 10.0. The van der Waals surface area contributed by atoms with Crippen LogP contribution < -0.4 is 4.90 Å². The highest BCUT2D eigenvalue weighted by atomic mass is 16.6.